The normalized spacial score (nSPS) is 11.6. The van der Waals surface area contributed by atoms with Crippen molar-refractivity contribution in [2.75, 3.05) is 0 Å². The highest BCUT2D eigenvalue weighted by Crippen LogP contribution is 2.28. The van der Waals surface area contributed by atoms with Gasteiger partial charge in [-0.2, -0.15) is 0 Å². The molecule has 60 valence electrons. The highest BCUT2D eigenvalue weighted by Gasteiger charge is 2.22. The Morgan fingerprint density at radius 1 is 1.55 bits per heavy atom. The van der Waals surface area contributed by atoms with Crippen LogP contribution >= 0.6 is 11.6 Å². The zero-order valence-corrected chi connectivity index (χ0v) is 7.19. The molecule has 0 unspecified atom stereocenters. The molecular formula is C8H9ClFN. The summed E-state index contributed by atoms with van der Waals surface area (Å²) in [6, 6.07) is 3.31. The van der Waals surface area contributed by atoms with Crippen LogP contribution in [-0.4, -0.2) is 4.98 Å². The van der Waals surface area contributed by atoms with E-state index in [1.807, 2.05) is 0 Å². The predicted octanol–water partition coefficient (Wildman–Crippen LogP) is 2.94. The Balaban J connectivity index is 3.14. The van der Waals surface area contributed by atoms with Crippen molar-refractivity contribution in [3.63, 3.8) is 0 Å². The molecule has 0 aliphatic carbocycles. The van der Waals surface area contributed by atoms with Crippen LogP contribution in [0.4, 0.5) is 4.39 Å². The maximum absolute atomic E-state index is 13.2. The summed E-state index contributed by atoms with van der Waals surface area (Å²) in [6.45, 7) is 2.86. The SMILES string of the molecule is CC(C)(F)c1ncccc1Cl. The van der Waals surface area contributed by atoms with Crippen LogP contribution in [0, 0.1) is 0 Å². The molecule has 0 radical (unpaired) electrons. The highest BCUT2D eigenvalue weighted by molar-refractivity contribution is 6.31. The van der Waals surface area contributed by atoms with Crippen molar-refractivity contribution in [3.05, 3.63) is 29.0 Å². The lowest BCUT2D eigenvalue weighted by Crippen LogP contribution is -2.11. The van der Waals surface area contributed by atoms with E-state index in [1.54, 1.807) is 12.1 Å². The molecule has 0 atom stereocenters. The van der Waals surface area contributed by atoms with Crippen molar-refractivity contribution in [1.29, 1.82) is 0 Å². The van der Waals surface area contributed by atoms with Crippen LogP contribution in [0.1, 0.15) is 19.5 Å². The molecule has 0 saturated heterocycles. The number of hydrogen-bond acceptors (Lipinski definition) is 1. The fourth-order valence-corrected chi connectivity index (χ4v) is 1.17. The van der Waals surface area contributed by atoms with Gasteiger partial charge in [0, 0.05) is 6.20 Å². The van der Waals surface area contributed by atoms with Gasteiger partial charge in [-0.25, -0.2) is 4.39 Å². The first-order valence-electron chi connectivity index (χ1n) is 3.32. The molecule has 0 spiro atoms. The lowest BCUT2D eigenvalue weighted by molar-refractivity contribution is 0.214. The van der Waals surface area contributed by atoms with Crippen LogP contribution in [-0.2, 0) is 5.67 Å². The van der Waals surface area contributed by atoms with E-state index < -0.39 is 5.67 Å². The molecule has 0 fully saturated rings. The van der Waals surface area contributed by atoms with Crippen molar-refractivity contribution in [2.45, 2.75) is 19.5 Å². The molecule has 1 aromatic rings. The van der Waals surface area contributed by atoms with Gasteiger partial charge >= 0.3 is 0 Å². The summed E-state index contributed by atoms with van der Waals surface area (Å²) >= 11 is 5.71. The van der Waals surface area contributed by atoms with Gasteiger partial charge < -0.3 is 0 Å². The Kier molecular flexibility index (Phi) is 2.14. The molecule has 1 aromatic heterocycles. The highest BCUT2D eigenvalue weighted by atomic mass is 35.5. The van der Waals surface area contributed by atoms with E-state index in [1.165, 1.54) is 20.0 Å². The average molecular weight is 174 g/mol. The third kappa shape index (κ3) is 1.90. The molecular weight excluding hydrogens is 165 g/mol. The molecule has 0 amide bonds. The Bertz CT molecular complexity index is 255. The van der Waals surface area contributed by atoms with Gasteiger partial charge in [0.1, 0.15) is 5.67 Å². The molecule has 3 heteroatoms. The lowest BCUT2D eigenvalue weighted by Gasteiger charge is -2.13. The third-order valence-electron chi connectivity index (χ3n) is 1.32. The molecule has 0 N–H and O–H groups in total. The van der Waals surface area contributed by atoms with E-state index in [0.717, 1.165) is 0 Å². The van der Waals surface area contributed by atoms with E-state index in [-0.39, 0.29) is 0 Å². The van der Waals surface area contributed by atoms with Gasteiger partial charge in [0.25, 0.3) is 0 Å². The fourth-order valence-electron chi connectivity index (χ4n) is 0.823. The van der Waals surface area contributed by atoms with Crippen LogP contribution in [0.3, 0.4) is 0 Å². The Labute approximate surface area is 70.2 Å². The van der Waals surface area contributed by atoms with Gasteiger partial charge in [0.05, 0.1) is 10.7 Å². The van der Waals surface area contributed by atoms with E-state index in [4.69, 9.17) is 11.6 Å². The molecule has 0 aromatic carbocycles. The van der Waals surface area contributed by atoms with Crippen LogP contribution in [0.5, 0.6) is 0 Å². The van der Waals surface area contributed by atoms with Crippen LogP contribution in [0.2, 0.25) is 5.02 Å². The summed E-state index contributed by atoms with van der Waals surface area (Å²) < 4.78 is 13.2. The topological polar surface area (TPSA) is 12.9 Å². The first-order chi connectivity index (χ1) is 5.02. The molecule has 0 bridgehead atoms. The van der Waals surface area contributed by atoms with Gasteiger partial charge in [-0.3, -0.25) is 4.98 Å². The van der Waals surface area contributed by atoms with Crippen LogP contribution in [0.15, 0.2) is 18.3 Å². The minimum absolute atomic E-state index is 0.293. The summed E-state index contributed by atoms with van der Waals surface area (Å²) in [7, 11) is 0. The van der Waals surface area contributed by atoms with Gasteiger partial charge in [0.2, 0.25) is 0 Å². The maximum Gasteiger partial charge on any atom is 0.148 e. The maximum atomic E-state index is 13.2. The summed E-state index contributed by atoms with van der Waals surface area (Å²) in [6.07, 6.45) is 1.53. The molecule has 1 nitrogen and oxygen atoms in total. The van der Waals surface area contributed by atoms with Crippen LogP contribution in [0.25, 0.3) is 0 Å². The zero-order chi connectivity index (χ0) is 8.48. The zero-order valence-electron chi connectivity index (χ0n) is 6.44. The van der Waals surface area contributed by atoms with E-state index in [0.29, 0.717) is 10.7 Å². The third-order valence-corrected chi connectivity index (χ3v) is 1.63. The first-order valence-corrected chi connectivity index (χ1v) is 3.69. The first kappa shape index (κ1) is 8.47. The second-order valence-electron chi connectivity index (χ2n) is 2.81. The van der Waals surface area contributed by atoms with Gasteiger partial charge in [0.15, 0.2) is 0 Å². The number of hydrogen-bond donors (Lipinski definition) is 0. The van der Waals surface area contributed by atoms with Crippen molar-refractivity contribution < 1.29 is 4.39 Å². The Morgan fingerprint density at radius 2 is 2.18 bits per heavy atom. The number of nitrogens with zero attached hydrogens (tertiary/aromatic N) is 1. The monoisotopic (exact) mass is 173 g/mol. The second kappa shape index (κ2) is 2.78. The fraction of sp³-hybridized carbons (Fsp3) is 0.375. The van der Waals surface area contributed by atoms with Gasteiger partial charge in [-0.15, -0.1) is 0 Å². The summed E-state index contributed by atoms with van der Waals surface area (Å²) in [5.74, 6) is 0. The standard InChI is InChI=1S/C8H9ClFN/c1-8(2,10)7-6(9)4-3-5-11-7/h3-5H,1-2H3. The number of pyridine rings is 1. The number of alkyl halides is 1. The number of aromatic nitrogens is 1. The van der Waals surface area contributed by atoms with E-state index >= 15 is 0 Å². The number of rotatable bonds is 1. The summed E-state index contributed by atoms with van der Waals surface area (Å²) in [5.41, 5.74) is -1.17. The molecule has 1 heterocycles. The van der Waals surface area contributed by atoms with Crippen molar-refractivity contribution in [3.8, 4) is 0 Å². The lowest BCUT2D eigenvalue weighted by atomic mass is 10.1. The summed E-state index contributed by atoms with van der Waals surface area (Å²) in [5, 5.41) is 0.375. The minimum atomic E-state index is -1.46. The van der Waals surface area contributed by atoms with Gasteiger partial charge in [-0.1, -0.05) is 11.6 Å². The van der Waals surface area contributed by atoms with Crippen molar-refractivity contribution in [2.24, 2.45) is 0 Å². The van der Waals surface area contributed by atoms with Crippen LogP contribution < -0.4 is 0 Å². The van der Waals surface area contributed by atoms with Crippen molar-refractivity contribution >= 4 is 11.6 Å². The average Bonchev–Trinajstić information content (AvgIpc) is 1.86. The molecule has 0 aliphatic heterocycles. The molecule has 0 saturated carbocycles. The number of halogens is 2. The van der Waals surface area contributed by atoms with E-state index in [9.17, 15) is 4.39 Å². The smallest absolute Gasteiger partial charge is 0.148 e. The Morgan fingerprint density at radius 3 is 2.55 bits per heavy atom. The quantitative estimate of drug-likeness (QED) is 0.637. The van der Waals surface area contributed by atoms with E-state index in [2.05, 4.69) is 4.98 Å². The predicted molar refractivity (Wildman–Crippen MR) is 43.4 cm³/mol. The van der Waals surface area contributed by atoms with Gasteiger partial charge in [-0.05, 0) is 26.0 Å². The summed E-state index contributed by atoms with van der Waals surface area (Å²) in [4.78, 5) is 3.84. The molecule has 1 rings (SSSR count). The van der Waals surface area contributed by atoms with Crippen molar-refractivity contribution in [1.82, 2.24) is 4.98 Å². The molecule has 11 heavy (non-hydrogen) atoms. The minimum Gasteiger partial charge on any atom is -0.256 e. The second-order valence-corrected chi connectivity index (χ2v) is 3.21. The Hall–Kier alpha value is -0.630. The molecule has 0 aliphatic rings. The largest absolute Gasteiger partial charge is 0.256 e.